The highest BCUT2D eigenvalue weighted by molar-refractivity contribution is 5.80. The maximum atomic E-state index is 11.8. The number of ether oxygens (including phenoxy) is 2. The first-order chi connectivity index (χ1) is 12.4. The van der Waals surface area contributed by atoms with Crippen molar-refractivity contribution in [2.75, 3.05) is 6.61 Å². The summed E-state index contributed by atoms with van der Waals surface area (Å²) >= 11 is 0. The van der Waals surface area contributed by atoms with Crippen LogP contribution in [0.15, 0.2) is 48.5 Å². The molecule has 134 valence electrons. The van der Waals surface area contributed by atoms with Gasteiger partial charge in [-0.2, -0.15) is 5.26 Å². The molecule has 0 aliphatic heterocycles. The van der Waals surface area contributed by atoms with Gasteiger partial charge in [-0.05, 0) is 55.7 Å². The Morgan fingerprint density at radius 2 is 1.54 bits per heavy atom. The smallest absolute Gasteiger partial charge is 0.349 e. The number of carbonyl (C=O) groups excluding carboxylic acids is 2. The average Bonchev–Trinajstić information content (AvgIpc) is 2.66. The zero-order chi connectivity index (χ0) is 19.2. The largest absolute Gasteiger partial charge is 0.453 e. The standard InChI is InChI=1S/C21H21NO4/c1-4-21(2,3)20(24)25-14-19(23)26-18-11-9-17(10-12-18)16-7-5-15(13-22)6-8-16/h5-12H,4,14H2,1-3H3. The van der Waals surface area contributed by atoms with E-state index in [4.69, 9.17) is 14.7 Å². The number of esters is 2. The lowest BCUT2D eigenvalue weighted by molar-refractivity contribution is -0.161. The zero-order valence-corrected chi connectivity index (χ0v) is 15.1. The molecule has 0 heterocycles. The molecular formula is C21H21NO4. The number of nitrogens with zero attached hydrogens (tertiary/aromatic N) is 1. The van der Waals surface area contributed by atoms with E-state index in [9.17, 15) is 9.59 Å². The molecule has 0 spiro atoms. The van der Waals surface area contributed by atoms with Crippen molar-refractivity contribution in [1.29, 1.82) is 5.26 Å². The Bertz CT molecular complexity index is 815. The van der Waals surface area contributed by atoms with Gasteiger partial charge in [-0.15, -0.1) is 0 Å². The van der Waals surface area contributed by atoms with Crippen LogP contribution >= 0.6 is 0 Å². The minimum Gasteiger partial charge on any atom is -0.453 e. The van der Waals surface area contributed by atoms with Crippen molar-refractivity contribution in [3.05, 3.63) is 54.1 Å². The lowest BCUT2D eigenvalue weighted by Crippen LogP contribution is -2.29. The van der Waals surface area contributed by atoms with Gasteiger partial charge in [-0.1, -0.05) is 31.2 Å². The monoisotopic (exact) mass is 351 g/mol. The van der Waals surface area contributed by atoms with E-state index in [1.54, 1.807) is 38.1 Å². The third kappa shape index (κ3) is 4.93. The van der Waals surface area contributed by atoms with E-state index in [-0.39, 0.29) is 0 Å². The van der Waals surface area contributed by atoms with Gasteiger partial charge in [0, 0.05) is 0 Å². The maximum absolute atomic E-state index is 11.8. The zero-order valence-electron chi connectivity index (χ0n) is 15.1. The molecule has 26 heavy (non-hydrogen) atoms. The number of hydrogen-bond acceptors (Lipinski definition) is 5. The van der Waals surface area contributed by atoms with Crippen molar-refractivity contribution >= 4 is 11.9 Å². The van der Waals surface area contributed by atoms with Crippen LogP contribution < -0.4 is 4.74 Å². The molecule has 0 radical (unpaired) electrons. The number of nitriles is 1. The molecule has 5 nitrogen and oxygen atoms in total. The Kier molecular flexibility index (Phi) is 6.13. The molecule has 5 heteroatoms. The predicted molar refractivity (Wildman–Crippen MR) is 97.3 cm³/mol. The summed E-state index contributed by atoms with van der Waals surface area (Å²) in [5.74, 6) is -0.678. The molecule has 0 saturated carbocycles. The summed E-state index contributed by atoms with van der Waals surface area (Å²) in [7, 11) is 0. The molecule has 0 aliphatic carbocycles. The molecule has 0 aliphatic rings. The van der Waals surface area contributed by atoms with E-state index in [0.717, 1.165) is 11.1 Å². The van der Waals surface area contributed by atoms with E-state index in [1.165, 1.54) is 0 Å². The summed E-state index contributed by atoms with van der Waals surface area (Å²) in [5.41, 5.74) is 1.87. The summed E-state index contributed by atoms with van der Waals surface area (Å²) in [6.45, 7) is 5.00. The summed E-state index contributed by atoms with van der Waals surface area (Å²) in [6, 6.07) is 16.2. The Balaban J connectivity index is 1.93. The fourth-order valence-corrected chi connectivity index (χ4v) is 2.08. The van der Waals surface area contributed by atoms with Crippen molar-refractivity contribution in [3.8, 4) is 22.9 Å². The van der Waals surface area contributed by atoms with Gasteiger partial charge in [0.2, 0.25) is 0 Å². The number of hydrogen-bond donors (Lipinski definition) is 0. The second-order valence-corrected chi connectivity index (χ2v) is 6.50. The molecule has 0 fully saturated rings. The highest BCUT2D eigenvalue weighted by Crippen LogP contribution is 2.23. The Morgan fingerprint density at radius 1 is 1.00 bits per heavy atom. The number of benzene rings is 2. The van der Waals surface area contributed by atoms with Crippen molar-refractivity contribution in [3.63, 3.8) is 0 Å². The summed E-state index contributed by atoms with van der Waals surface area (Å²) in [4.78, 5) is 23.7. The molecule has 2 rings (SSSR count). The van der Waals surface area contributed by atoms with Gasteiger partial charge in [0.15, 0.2) is 6.61 Å². The van der Waals surface area contributed by atoms with Gasteiger partial charge in [0.1, 0.15) is 5.75 Å². The van der Waals surface area contributed by atoms with Crippen LogP contribution in [0.25, 0.3) is 11.1 Å². The minimum absolute atomic E-state index is 0.373. The van der Waals surface area contributed by atoms with Gasteiger partial charge in [0.25, 0.3) is 0 Å². The number of carbonyl (C=O) groups is 2. The Labute approximate surface area is 153 Å². The topological polar surface area (TPSA) is 76.4 Å². The van der Waals surface area contributed by atoms with Crippen LogP contribution in [-0.2, 0) is 14.3 Å². The first-order valence-electron chi connectivity index (χ1n) is 8.34. The summed E-state index contributed by atoms with van der Waals surface area (Å²) in [6.07, 6.45) is 0.623. The van der Waals surface area contributed by atoms with Crippen LogP contribution in [0.2, 0.25) is 0 Å². The van der Waals surface area contributed by atoms with E-state index in [0.29, 0.717) is 17.7 Å². The second-order valence-electron chi connectivity index (χ2n) is 6.50. The first kappa shape index (κ1) is 19.2. The third-order valence-corrected chi connectivity index (χ3v) is 4.19. The Hall–Kier alpha value is -3.13. The fraction of sp³-hybridized carbons (Fsp3) is 0.286. The predicted octanol–water partition coefficient (Wildman–Crippen LogP) is 4.11. The van der Waals surface area contributed by atoms with Crippen LogP contribution in [0.3, 0.4) is 0 Å². The van der Waals surface area contributed by atoms with E-state index < -0.39 is 24.0 Å². The van der Waals surface area contributed by atoms with Crippen molar-refractivity contribution in [2.24, 2.45) is 5.41 Å². The van der Waals surface area contributed by atoms with Gasteiger partial charge in [0.05, 0.1) is 17.0 Å². The quantitative estimate of drug-likeness (QED) is 0.578. The Morgan fingerprint density at radius 3 is 2.04 bits per heavy atom. The van der Waals surface area contributed by atoms with Gasteiger partial charge < -0.3 is 9.47 Å². The molecular weight excluding hydrogens is 330 g/mol. The van der Waals surface area contributed by atoms with Crippen LogP contribution in [0.1, 0.15) is 32.8 Å². The molecule has 0 N–H and O–H groups in total. The van der Waals surface area contributed by atoms with E-state index in [1.807, 2.05) is 31.2 Å². The summed E-state index contributed by atoms with van der Waals surface area (Å²) in [5, 5.41) is 8.83. The number of rotatable bonds is 6. The van der Waals surface area contributed by atoms with Crippen LogP contribution in [0, 0.1) is 16.7 Å². The van der Waals surface area contributed by atoms with Crippen molar-refractivity contribution in [1.82, 2.24) is 0 Å². The minimum atomic E-state index is -0.628. The lowest BCUT2D eigenvalue weighted by Gasteiger charge is -2.19. The molecule has 0 saturated heterocycles. The SMILES string of the molecule is CCC(C)(C)C(=O)OCC(=O)Oc1ccc(-c2ccc(C#N)cc2)cc1. The molecule has 0 amide bonds. The molecule has 2 aromatic rings. The van der Waals surface area contributed by atoms with Crippen LogP contribution in [0.4, 0.5) is 0 Å². The molecule has 0 atom stereocenters. The van der Waals surface area contributed by atoms with E-state index >= 15 is 0 Å². The van der Waals surface area contributed by atoms with Gasteiger partial charge in [-0.25, -0.2) is 4.79 Å². The molecule has 0 unspecified atom stereocenters. The van der Waals surface area contributed by atoms with Crippen molar-refractivity contribution < 1.29 is 19.1 Å². The third-order valence-electron chi connectivity index (χ3n) is 4.19. The summed E-state index contributed by atoms with van der Waals surface area (Å²) < 4.78 is 10.2. The molecule has 2 aromatic carbocycles. The average molecular weight is 351 g/mol. The maximum Gasteiger partial charge on any atom is 0.349 e. The van der Waals surface area contributed by atoms with E-state index in [2.05, 4.69) is 6.07 Å². The molecule has 0 bridgehead atoms. The first-order valence-corrected chi connectivity index (χ1v) is 8.34. The lowest BCUT2D eigenvalue weighted by atomic mass is 9.91. The van der Waals surface area contributed by atoms with Crippen LogP contribution in [0.5, 0.6) is 5.75 Å². The fourth-order valence-electron chi connectivity index (χ4n) is 2.08. The highest BCUT2D eigenvalue weighted by atomic mass is 16.6. The second kappa shape index (κ2) is 8.30. The normalized spacial score (nSPS) is 10.7. The highest BCUT2D eigenvalue weighted by Gasteiger charge is 2.27. The van der Waals surface area contributed by atoms with Crippen molar-refractivity contribution in [2.45, 2.75) is 27.2 Å². The van der Waals surface area contributed by atoms with Crippen LogP contribution in [-0.4, -0.2) is 18.5 Å². The van der Waals surface area contributed by atoms with Gasteiger partial charge in [-0.3, -0.25) is 4.79 Å². The molecule has 0 aromatic heterocycles. The van der Waals surface area contributed by atoms with Gasteiger partial charge >= 0.3 is 11.9 Å².